The van der Waals surface area contributed by atoms with E-state index in [0.29, 0.717) is 6.42 Å². The van der Waals surface area contributed by atoms with Crippen molar-refractivity contribution in [1.82, 2.24) is 5.48 Å². The maximum absolute atomic E-state index is 10.5. The number of carbonyl (C=O) groups is 1. The van der Waals surface area contributed by atoms with Gasteiger partial charge in [0.15, 0.2) is 0 Å². The standard InChI is InChI=1S/C9H14N2O3/c10-7(9(12)13)5-6-3-1-2-4-8(6)11-14/h1-4,6-8,11,14H,5,10H2,(H,12,13)/t6?,7-,8?/m0/s1. The summed E-state index contributed by atoms with van der Waals surface area (Å²) in [6, 6.07) is -1.16. The molecular formula is C9H14N2O3. The number of carboxylic acid groups (broad SMARTS) is 1. The van der Waals surface area contributed by atoms with Gasteiger partial charge in [0.05, 0.1) is 6.04 Å². The number of hydrogen-bond donors (Lipinski definition) is 4. The zero-order valence-electron chi connectivity index (χ0n) is 7.63. The van der Waals surface area contributed by atoms with Crippen molar-refractivity contribution in [2.45, 2.75) is 18.5 Å². The van der Waals surface area contributed by atoms with Crippen molar-refractivity contribution in [2.24, 2.45) is 11.7 Å². The Balaban J connectivity index is 2.54. The van der Waals surface area contributed by atoms with Crippen LogP contribution in [0.4, 0.5) is 0 Å². The Morgan fingerprint density at radius 2 is 2.14 bits per heavy atom. The van der Waals surface area contributed by atoms with Crippen LogP contribution in [0, 0.1) is 5.92 Å². The maximum Gasteiger partial charge on any atom is 0.320 e. The van der Waals surface area contributed by atoms with Crippen molar-refractivity contribution >= 4 is 5.97 Å². The van der Waals surface area contributed by atoms with E-state index >= 15 is 0 Å². The summed E-state index contributed by atoms with van der Waals surface area (Å²) in [5, 5.41) is 17.4. The van der Waals surface area contributed by atoms with Gasteiger partial charge in [-0.25, -0.2) is 0 Å². The molecule has 5 N–H and O–H groups in total. The largest absolute Gasteiger partial charge is 0.480 e. The summed E-state index contributed by atoms with van der Waals surface area (Å²) < 4.78 is 0. The number of carboxylic acids is 1. The summed E-state index contributed by atoms with van der Waals surface area (Å²) in [4.78, 5) is 10.5. The molecule has 2 unspecified atom stereocenters. The van der Waals surface area contributed by atoms with Gasteiger partial charge in [0.1, 0.15) is 6.04 Å². The number of allylic oxidation sites excluding steroid dienone is 2. The van der Waals surface area contributed by atoms with Gasteiger partial charge < -0.3 is 16.0 Å². The van der Waals surface area contributed by atoms with E-state index in [4.69, 9.17) is 16.0 Å². The summed E-state index contributed by atoms with van der Waals surface area (Å²) in [7, 11) is 0. The van der Waals surface area contributed by atoms with E-state index in [0.717, 1.165) is 0 Å². The average Bonchev–Trinajstić information content (AvgIpc) is 2.18. The van der Waals surface area contributed by atoms with Gasteiger partial charge in [-0.15, -0.1) is 0 Å². The first-order chi connectivity index (χ1) is 6.65. The SMILES string of the molecule is N[C@@H](CC1C=CC=CC1NO)C(=O)O. The van der Waals surface area contributed by atoms with E-state index in [1.54, 1.807) is 12.2 Å². The molecule has 0 bridgehead atoms. The van der Waals surface area contributed by atoms with Gasteiger partial charge in [0.25, 0.3) is 0 Å². The minimum Gasteiger partial charge on any atom is -0.480 e. The number of nitrogens with one attached hydrogen (secondary N) is 1. The first-order valence-corrected chi connectivity index (χ1v) is 4.38. The fourth-order valence-electron chi connectivity index (χ4n) is 1.41. The number of nitrogens with two attached hydrogens (primary N) is 1. The van der Waals surface area contributed by atoms with Crippen LogP contribution in [-0.2, 0) is 4.79 Å². The van der Waals surface area contributed by atoms with Crippen LogP contribution in [0.15, 0.2) is 24.3 Å². The van der Waals surface area contributed by atoms with Crippen LogP contribution in [0.25, 0.3) is 0 Å². The molecule has 78 valence electrons. The zero-order chi connectivity index (χ0) is 10.6. The van der Waals surface area contributed by atoms with E-state index in [2.05, 4.69) is 5.48 Å². The Hall–Kier alpha value is -1.17. The molecule has 5 nitrogen and oxygen atoms in total. The van der Waals surface area contributed by atoms with Gasteiger partial charge in [0, 0.05) is 5.92 Å². The molecule has 5 heteroatoms. The predicted molar refractivity (Wildman–Crippen MR) is 50.7 cm³/mol. The molecule has 0 heterocycles. The Bertz CT molecular complexity index is 263. The van der Waals surface area contributed by atoms with Gasteiger partial charge >= 0.3 is 5.97 Å². The molecular weight excluding hydrogens is 184 g/mol. The van der Waals surface area contributed by atoms with Gasteiger partial charge in [-0.3, -0.25) is 4.79 Å². The van der Waals surface area contributed by atoms with Crippen molar-refractivity contribution in [2.75, 3.05) is 0 Å². The van der Waals surface area contributed by atoms with Crippen molar-refractivity contribution in [3.05, 3.63) is 24.3 Å². The van der Waals surface area contributed by atoms with Gasteiger partial charge in [-0.2, -0.15) is 5.48 Å². The molecule has 0 aliphatic heterocycles. The molecule has 0 fully saturated rings. The molecule has 0 aromatic rings. The van der Waals surface area contributed by atoms with Crippen LogP contribution in [0.1, 0.15) is 6.42 Å². The van der Waals surface area contributed by atoms with E-state index in [9.17, 15) is 4.79 Å². The third-order valence-electron chi connectivity index (χ3n) is 2.24. The lowest BCUT2D eigenvalue weighted by Crippen LogP contribution is -2.39. The lowest BCUT2D eigenvalue weighted by molar-refractivity contribution is -0.138. The monoisotopic (exact) mass is 198 g/mol. The quantitative estimate of drug-likeness (QED) is 0.472. The summed E-state index contributed by atoms with van der Waals surface area (Å²) in [6.07, 6.45) is 7.49. The molecule has 0 amide bonds. The summed E-state index contributed by atoms with van der Waals surface area (Å²) >= 11 is 0. The molecule has 0 saturated heterocycles. The van der Waals surface area contributed by atoms with Crippen LogP contribution in [0.2, 0.25) is 0 Å². The fourth-order valence-corrected chi connectivity index (χ4v) is 1.41. The van der Waals surface area contributed by atoms with Crippen molar-refractivity contribution < 1.29 is 15.1 Å². The minimum absolute atomic E-state index is 0.0869. The molecule has 14 heavy (non-hydrogen) atoms. The van der Waals surface area contributed by atoms with E-state index in [1.807, 2.05) is 12.2 Å². The Kier molecular flexibility index (Phi) is 3.82. The maximum atomic E-state index is 10.5. The lowest BCUT2D eigenvalue weighted by Gasteiger charge is -2.23. The summed E-state index contributed by atoms with van der Waals surface area (Å²) in [5.41, 5.74) is 7.51. The fraction of sp³-hybridized carbons (Fsp3) is 0.444. The van der Waals surface area contributed by atoms with Crippen LogP contribution in [0.3, 0.4) is 0 Å². The molecule has 0 aromatic heterocycles. The Morgan fingerprint density at radius 3 is 2.71 bits per heavy atom. The second-order valence-electron chi connectivity index (χ2n) is 3.27. The lowest BCUT2D eigenvalue weighted by atomic mass is 9.90. The number of hydroxylamine groups is 1. The first kappa shape index (κ1) is 10.9. The molecule has 1 rings (SSSR count). The van der Waals surface area contributed by atoms with Crippen LogP contribution < -0.4 is 11.2 Å². The van der Waals surface area contributed by atoms with E-state index < -0.39 is 12.0 Å². The molecule has 1 aliphatic carbocycles. The van der Waals surface area contributed by atoms with E-state index in [-0.39, 0.29) is 12.0 Å². The molecule has 0 saturated carbocycles. The Labute approximate surface area is 81.9 Å². The molecule has 0 radical (unpaired) electrons. The second-order valence-corrected chi connectivity index (χ2v) is 3.27. The number of aliphatic carboxylic acids is 1. The van der Waals surface area contributed by atoms with Gasteiger partial charge in [0.2, 0.25) is 0 Å². The topological polar surface area (TPSA) is 95.6 Å². The number of rotatable bonds is 4. The third-order valence-corrected chi connectivity index (χ3v) is 2.24. The minimum atomic E-state index is -1.02. The summed E-state index contributed by atoms with van der Waals surface area (Å²) in [5.74, 6) is -1.11. The van der Waals surface area contributed by atoms with Crippen LogP contribution in [0.5, 0.6) is 0 Å². The van der Waals surface area contributed by atoms with Gasteiger partial charge in [-0.05, 0) is 6.42 Å². The molecule has 3 atom stereocenters. The zero-order valence-corrected chi connectivity index (χ0v) is 7.63. The normalized spacial score (nSPS) is 27.6. The van der Waals surface area contributed by atoms with Crippen molar-refractivity contribution in [3.63, 3.8) is 0 Å². The highest BCUT2D eigenvalue weighted by Gasteiger charge is 2.23. The molecule has 0 spiro atoms. The highest BCUT2D eigenvalue weighted by atomic mass is 16.5. The average molecular weight is 198 g/mol. The number of hydrogen-bond acceptors (Lipinski definition) is 4. The summed E-state index contributed by atoms with van der Waals surface area (Å²) in [6.45, 7) is 0. The smallest absolute Gasteiger partial charge is 0.320 e. The highest BCUT2D eigenvalue weighted by Crippen LogP contribution is 2.17. The highest BCUT2D eigenvalue weighted by molar-refractivity contribution is 5.73. The van der Waals surface area contributed by atoms with Gasteiger partial charge in [-0.1, -0.05) is 24.3 Å². The molecule has 1 aliphatic rings. The Morgan fingerprint density at radius 1 is 1.50 bits per heavy atom. The predicted octanol–water partition coefficient (Wildman–Crippen LogP) is -0.122. The van der Waals surface area contributed by atoms with E-state index in [1.165, 1.54) is 0 Å². The molecule has 0 aromatic carbocycles. The van der Waals surface area contributed by atoms with Crippen molar-refractivity contribution in [1.29, 1.82) is 0 Å². The second kappa shape index (κ2) is 4.90. The first-order valence-electron chi connectivity index (χ1n) is 4.38. The van der Waals surface area contributed by atoms with Crippen molar-refractivity contribution in [3.8, 4) is 0 Å². The third kappa shape index (κ3) is 2.66. The van der Waals surface area contributed by atoms with Crippen LogP contribution in [-0.4, -0.2) is 28.4 Å². The van der Waals surface area contributed by atoms with Crippen LogP contribution >= 0.6 is 0 Å².